The summed E-state index contributed by atoms with van der Waals surface area (Å²) in [6.07, 6.45) is -0.225. The van der Waals surface area contributed by atoms with Crippen LogP contribution in [0.5, 0.6) is 5.75 Å². The Morgan fingerprint density at radius 3 is 2.58 bits per heavy atom. The lowest BCUT2D eigenvalue weighted by Crippen LogP contribution is -2.24. The molecule has 1 aromatic heterocycles. The van der Waals surface area contributed by atoms with Gasteiger partial charge in [0, 0.05) is 22.3 Å². The van der Waals surface area contributed by atoms with Crippen molar-refractivity contribution in [2.45, 2.75) is 40.3 Å². The smallest absolute Gasteiger partial charge is 0.340 e. The van der Waals surface area contributed by atoms with E-state index in [0.717, 1.165) is 10.0 Å². The van der Waals surface area contributed by atoms with Crippen LogP contribution in [0.4, 0.5) is 0 Å². The van der Waals surface area contributed by atoms with E-state index in [9.17, 15) is 9.59 Å². The molecule has 1 aromatic carbocycles. The molecule has 1 amide bonds. The van der Waals surface area contributed by atoms with Gasteiger partial charge in [-0.25, -0.2) is 4.79 Å². The summed E-state index contributed by atoms with van der Waals surface area (Å²) in [5.41, 5.74) is 2.79. The molecule has 2 N–H and O–H groups in total. The van der Waals surface area contributed by atoms with E-state index in [1.54, 1.807) is 34.8 Å². The first-order chi connectivity index (χ1) is 12.2. The number of rotatable bonds is 6. The lowest BCUT2D eigenvalue weighted by Gasteiger charge is -2.10. The van der Waals surface area contributed by atoms with E-state index in [-0.39, 0.29) is 12.0 Å². The van der Waals surface area contributed by atoms with Gasteiger partial charge < -0.3 is 19.8 Å². The number of aromatic amines is 1. The SMILES string of the molecule is COc1ccc(Br)cc1CNC(=O)c1[nH]c(C)c(C(=O)OC(C)C)c1C. The minimum atomic E-state index is -0.432. The number of ether oxygens (including phenoxy) is 2. The second-order valence-electron chi connectivity index (χ2n) is 6.22. The number of aryl methyl sites for hydroxylation is 1. The molecular weight excluding hydrogens is 400 g/mol. The Bertz CT molecular complexity index is 827. The zero-order valence-corrected chi connectivity index (χ0v) is 17.1. The standard InChI is InChI=1S/C19H23BrN2O4/c1-10(2)26-19(24)16-11(3)17(22-12(16)4)18(23)21-9-13-8-14(20)6-7-15(13)25-5/h6-8,10,22H,9H2,1-5H3,(H,21,23). The van der Waals surface area contributed by atoms with Crippen LogP contribution in [0.15, 0.2) is 22.7 Å². The summed E-state index contributed by atoms with van der Waals surface area (Å²) in [7, 11) is 1.58. The van der Waals surface area contributed by atoms with Gasteiger partial charge in [0.25, 0.3) is 5.91 Å². The zero-order chi connectivity index (χ0) is 19.4. The molecule has 0 unspecified atom stereocenters. The third kappa shape index (κ3) is 4.46. The van der Waals surface area contributed by atoms with E-state index >= 15 is 0 Å². The average Bonchev–Trinajstić information content (AvgIpc) is 2.86. The summed E-state index contributed by atoms with van der Waals surface area (Å²) in [6, 6.07) is 5.59. The molecular formula is C19H23BrN2O4. The summed E-state index contributed by atoms with van der Waals surface area (Å²) in [6.45, 7) is 7.35. The maximum Gasteiger partial charge on any atom is 0.340 e. The van der Waals surface area contributed by atoms with Crippen molar-refractivity contribution in [3.05, 3.63) is 50.8 Å². The number of hydrogen-bond acceptors (Lipinski definition) is 4. The molecule has 1 heterocycles. The van der Waals surface area contributed by atoms with Crippen LogP contribution in [0.2, 0.25) is 0 Å². The van der Waals surface area contributed by atoms with Gasteiger partial charge in [-0.05, 0) is 51.5 Å². The van der Waals surface area contributed by atoms with Gasteiger partial charge in [-0.15, -0.1) is 0 Å². The number of aromatic nitrogens is 1. The molecule has 0 aliphatic carbocycles. The van der Waals surface area contributed by atoms with Crippen molar-refractivity contribution in [1.29, 1.82) is 0 Å². The number of halogens is 1. The number of amides is 1. The van der Waals surface area contributed by atoms with Crippen molar-refractivity contribution in [1.82, 2.24) is 10.3 Å². The monoisotopic (exact) mass is 422 g/mol. The Morgan fingerprint density at radius 1 is 1.27 bits per heavy atom. The third-order valence-electron chi connectivity index (χ3n) is 3.89. The fraction of sp³-hybridized carbons (Fsp3) is 0.368. The summed E-state index contributed by atoms with van der Waals surface area (Å²) in [5, 5.41) is 2.86. The summed E-state index contributed by atoms with van der Waals surface area (Å²) >= 11 is 3.41. The molecule has 0 atom stereocenters. The highest BCUT2D eigenvalue weighted by Crippen LogP contribution is 2.23. The summed E-state index contributed by atoms with van der Waals surface area (Å²) in [4.78, 5) is 27.8. The van der Waals surface area contributed by atoms with Gasteiger partial charge >= 0.3 is 5.97 Å². The molecule has 0 radical (unpaired) electrons. The zero-order valence-electron chi connectivity index (χ0n) is 15.5. The maximum absolute atomic E-state index is 12.6. The third-order valence-corrected chi connectivity index (χ3v) is 4.39. The van der Waals surface area contributed by atoms with Crippen molar-refractivity contribution in [3.63, 3.8) is 0 Å². The number of carbonyl (C=O) groups excluding carboxylic acids is 2. The predicted octanol–water partition coefficient (Wildman–Crippen LogP) is 3.90. The number of esters is 1. The van der Waals surface area contributed by atoms with Crippen LogP contribution in [0.1, 0.15) is 51.5 Å². The van der Waals surface area contributed by atoms with Crippen molar-refractivity contribution >= 4 is 27.8 Å². The molecule has 0 saturated heterocycles. The minimum absolute atomic E-state index is 0.225. The Hall–Kier alpha value is -2.28. The van der Waals surface area contributed by atoms with Gasteiger partial charge in [0.15, 0.2) is 0 Å². The number of nitrogens with one attached hydrogen (secondary N) is 2. The van der Waals surface area contributed by atoms with Gasteiger partial charge in [0.2, 0.25) is 0 Å². The number of H-pyrrole nitrogens is 1. The van der Waals surface area contributed by atoms with Crippen LogP contribution < -0.4 is 10.1 Å². The van der Waals surface area contributed by atoms with E-state index in [1.165, 1.54) is 0 Å². The van der Waals surface area contributed by atoms with Crippen molar-refractivity contribution in [3.8, 4) is 5.75 Å². The Labute approximate surface area is 161 Å². The molecule has 2 aromatic rings. The van der Waals surface area contributed by atoms with Crippen LogP contribution in [0.25, 0.3) is 0 Å². The van der Waals surface area contributed by atoms with E-state index < -0.39 is 5.97 Å². The van der Waals surface area contributed by atoms with Crippen molar-refractivity contribution in [2.24, 2.45) is 0 Å². The molecule has 26 heavy (non-hydrogen) atoms. The largest absolute Gasteiger partial charge is 0.496 e. The van der Waals surface area contributed by atoms with Crippen LogP contribution >= 0.6 is 15.9 Å². The second kappa shape index (κ2) is 8.40. The first-order valence-corrected chi connectivity index (χ1v) is 9.04. The first-order valence-electron chi connectivity index (χ1n) is 8.25. The first kappa shape index (κ1) is 20.0. The average molecular weight is 423 g/mol. The van der Waals surface area contributed by atoms with Crippen molar-refractivity contribution in [2.75, 3.05) is 7.11 Å². The van der Waals surface area contributed by atoms with Gasteiger partial charge in [-0.3, -0.25) is 4.79 Å². The summed E-state index contributed by atoms with van der Waals surface area (Å²) in [5.74, 6) is -0.0377. The van der Waals surface area contributed by atoms with E-state index in [2.05, 4.69) is 26.2 Å². The van der Waals surface area contributed by atoms with Crippen LogP contribution in [-0.2, 0) is 11.3 Å². The van der Waals surface area contributed by atoms with Crippen molar-refractivity contribution < 1.29 is 19.1 Å². The van der Waals surface area contributed by atoms with Gasteiger partial charge in [0.1, 0.15) is 11.4 Å². The molecule has 140 valence electrons. The molecule has 0 aliphatic heterocycles. The van der Waals surface area contributed by atoms with Gasteiger partial charge in [-0.1, -0.05) is 15.9 Å². The molecule has 0 aliphatic rings. The number of hydrogen-bond donors (Lipinski definition) is 2. The van der Waals surface area contributed by atoms with Crippen LogP contribution in [0, 0.1) is 13.8 Å². The lowest BCUT2D eigenvalue weighted by molar-refractivity contribution is 0.0376. The summed E-state index contributed by atoms with van der Waals surface area (Å²) < 4.78 is 11.5. The molecule has 0 fully saturated rings. The molecule has 0 saturated carbocycles. The highest BCUT2D eigenvalue weighted by molar-refractivity contribution is 9.10. The van der Waals surface area contributed by atoms with E-state index in [4.69, 9.17) is 9.47 Å². The molecule has 7 heteroatoms. The topological polar surface area (TPSA) is 80.4 Å². The number of carbonyl (C=O) groups is 2. The Balaban J connectivity index is 2.18. The highest BCUT2D eigenvalue weighted by Gasteiger charge is 2.23. The highest BCUT2D eigenvalue weighted by atomic mass is 79.9. The van der Waals surface area contributed by atoms with Gasteiger partial charge in [-0.2, -0.15) is 0 Å². The minimum Gasteiger partial charge on any atom is -0.496 e. The van der Waals surface area contributed by atoms with E-state index in [1.807, 2.05) is 18.2 Å². The van der Waals surface area contributed by atoms with E-state index in [0.29, 0.717) is 34.8 Å². The molecule has 2 rings (SSSR count). The fourth-order valence-electron chi connectivity index (χ4n) is 2.71. The van der Waals surface area contributed by atoms with Crippen LogP contribution in [0.3, 0.4) is 0 Å². The van der Waals surface area contributed by atoms with Gasteiger partial charge in [0.05, 0.1) is 18.8 Å². The fourth-order valence-corrected chi connectivity index (χ4v) is 3.11. The van der Waals surface area contributed by atoms with Crippen LogP contribution in [-0.4, -0.2) is 30.1 Å². The molecule has 0 spiro atoms. The quantitative estimate of drug-likeness (QED) is 0.691. The Morgan fingerprint density at radius 2 is 1.96 bits per heavy atom. The maximum atomic E-state index is 12.6. The second-order valence-corrected chi connectivity index (χ2v) is 7.13. The predicted molar refractivity (Wildman–Crippen MR) is 103 cm³/mol. The number of methoxy groups -OCH3 is 1. The lowest BCUT2D eigenvalue weighted by atomic mass is 10.1. The normalized spacial score (nSPS) is 10.7. The molecule has 0 bridgehead atoms. The molecule has 6 nitrogen and oxygen atoms in total. The number of benzene rings is 1. The Kier molecular flexibility index (Phi) is 6.47.